The van der Waals surface area contributed by atoms with E-state index in [0.717, 1.165) is 23.5 Å². The minimum Gasteiger partial charge on any atom is -0.332 e. The highest BCUT2D eigenvalue weighted by molar-refractivity contribution is 7.13. The summed E-state index contributed by atoms with van der Waals surface area (Å²) >= 11 is 1.49. The van der Waals surface area contributed by atoms with Crippen LogP contribution in [0.5, 0.6) is 0 Å². The fourth-order valence-electron chi connectivity index (χ4n) is 2.25. The maximum Gasteiger partial charge on any atom is 0.273 e. The smallest absolute Gasteiger partial charge is 0.273 e. The predicted octanol–water partition coefficient (Wildman–Crippen LogP) is 3.24. The summed E-state index contributed by atoms with van der Waals surface area (Å²) in [5.41, 5.74) is 1.69. The van der Waals surface area contributed by atoms with Crippen LogP contribution in [0.4, 0.5) is 0 Å². The molecule has 103 valence electrons. The van der Waals surface area contributed by atoms with Crippen LogP contribution >= 0.6 is 11.3 Å². The van der Waals surface area contributed by atoms with E-state index in [-0.39, 0.29) is 11.3 Å². The van der Waals surface area contributed by atoms with Crippen LogP contribution in [-0.4, -0.2) is 27.3 Å². The number of carbonyl (C=O) groups excluding carboxylic acids is 1. The molecule has 0 saturated carbocycles. The lowest BCUT2D eigenvalue weighted by molar-refractivity contribution is 0.0799. The van der Waals surface area contributed by atoms with Gasteiger partial charge in [0.1, 0.15) is 10.7 Å². The lowest BCUT2D eigenvalue weighted by Crippen LogP contribution is -2.28. The van der Waals surface area contributed by atoms with E-state index in [1.54, 1.807) is 17.3 Å². The summed E-state index contributed by atoms with van der Waals surface area (Å²) in [6.45, 7) is 7.07. The largest absolute Gasteiger partial charge is 0.332 e. The zero-order valence-corrected chi connectivity index (χ0v) is 12.4. The molecule has 3 rings (SSSR count). The SMILES string of the molecule is CC1(C)C[CH]N(C(=O)c2csc(-c3ccncc3)n2)C1. The number of hydrogen-bond donors (Lipinski definition) is 0. The lowest BCUT2D eigenvalue weighted by Gasteiger charge is -2.18. The molecule has 0 spiro atoms. The maximum absolute atomic E-state index is 12.4. The molecular formula is C15H16N3OS. The number of amides is 1. The van der Waals surface area contributed by atoms with Crippen LogP contribution in [0.3, 0.4) is 0 Å². The van der Waals surface area contributed by atoms with Crippen molar-refractivity contribution in [1.29, 1.82) is 0 Å². The van der Waals surface area contributed by atoms with Crippen LogP contribution in [-0.2, 0) is 0 Å². The predicted molar refractivity (Wildman–Crippen MR) is 79.1 cm³/mol. The number of rotatable bonds is 2. The minimum atomic E-state index is -0.00729. The summed E-state index contributed by atoms with van der Waals surface area (Å²) in [7, 11) is 0. The molecule has 1 aliphatic heterocycles. The van der Waals surface area contributed by atoms with E-state index >= 15 is 0 Å². The second-order valence-electron chi connectivity index (χ2n) is 5.76. The van der Waals surface area contributed by atoms with E-state index in [1.165, 1.54) is 11.3 Å². The summed E-state index contributed by atoms with van der Waals surface area (Å²) in [6, 6.07) is 3.80. The topological polar surface area (TPSA) is 46.1 Å². The summed E-state index contributed by atoms with van der Waals surface area (Å²) in [5, 5.41) is 2.69. The Morgan fingerprint density at radius 1 is 1.35 bits per heavy atom. The Bertz CT molecular complexity index is 621. The van der Waals surface area contributed by atoms with Gasteiger partial charge >= 0.3 is 0 Å². The van der Waals surface area contributed by atoms with Crippen molar-refractivity contribution in [2.45, 2.75) is 20.3 Å². The standard InChI is InChI=1S/C15H16N3OS/c1-15(2)5-8-18(10-15)14(19)12-9-20-13(17-12)11-3-6-16-7-4-11/h3-4,6-9H,5,10H2,1-2H3. The number of thiazole rings is 1. The van der Waals surface area contributed by atoms with Gasteiger partial charge in [-0.3, -0.25) is 9.78 Å². The van der Waals surface area contributed by atoms with Crippen molar-refractivity contribution in [3.05, 3.63) is 42.1 Å². The van der Waals surface area contributed by atoms with Gasteiger partial charge in [-0.2, -0.15) is 0 Å². The number of carbonyl (C=O) groups is 1. The van der Waals surface area contributed by atoms with Gasteiger partial charge in [0.2, 0.25) is 0 Å². The van der Waals surface area contributed by atoms with Gasteiger partial charge in [0.15, 0.2) is 0 Å². The molecule has 2 aromatic heterocycles. The summed E-state index contributed by atoms with van der Waals surface area (Å²) in [6.07, 6.45) is 4.39. The molecule has 0 bridgehead atoms. The van der Waals surface area contributed by atoms with Crippen molar-refractivity contribution in [3.8, 4) is 10.6 Å². The van der Waals surface area contributed by atoms with Gasteiger partial charge in [-0.25, -0.2) is 4.98 Å². The van der Waals surface area contributed by atoms with Gasteiger partial charge in [-0.05, 0) is 24.0 Å². The second kappa shape index (κ2) is 4.98. The molecule has 0 aromatic carbocycles. The van der Waals surface area contributed by atoms with Crippen molar-refractivity contribution in [1.82, 2.24) is 14.9 Å². The third-order valence-corrected chi connectivity index (χ3v) is 4.27. The average molecular weight is 286 g/mol. The first-order chi connectivity index (χ1) is 9.55. The Balaban J connectivity index is 1.79. The monoisotopic (exact) mass is 286 g/mol. The fourth-order valence-corrected chi connectivity index (χ4v) is 3.05. The van der Waals surface area contributed by atoms with Crippen LogP contribution in [0, 0.1) is 12.0 Å². The molecule has 3 heterocycles. The first-order valence-electron chi connectivity index (χ1n) is 6.55. The molecule has 0 atom stereocenters. The first kappa shape index (κ1) is 13.2. The number of pyridine rings is 1. The van der Waals surface area contributed by atoms with Crippen LogP contribution in [0.25, 0.3) is 10.6 Å². The van der Waals surface area contributed by atoms with Gasteiger partial charge in [-0.15, -0.1) is 11.3 Å². The Hall–Kier alpha value is -1.75. The molecule has 1 amide bonds. The molecular weight excluding hydrogens is 270 g/mol. The molecule has 1 saturated heterocycles. The van der Waals surface area contributed by atoms with E-state index in [1.807, 2.05) is 24.1 Å². The van der Waals surface area contributed by atoms with Crippen molar-refractivity contribution in [2.24, 2.45) is 5.41 Å². The van der Waals surface area contributed by atoms with E-state index in [0.29, 0.717) is 5.69 Å². The molecule has 1 aliphatic rings. The summed E-state index contributed by atoms with van der Waals surface area (Å²) < 4.78 is 0. The normalized spacial score (nSPS) is 17.4. The van der Waals surface area contributed by atoms with Gasteiger partial charge in [0.05, 0.1) is 6.54 Å². The van der Waals surface area contributed by atoms with Gasteiger partial charge in [0, 0.05) is 29.9 Å². The quantitative estimate of drug-likeness (QED) is 0.851. The first-order valence-corrected chi connectivity index (χ1v) is 7.43. The van der Waals surface area contributed by atoms with Crippen LogP contribution < -0.4 is 0 Å². The van der Waals surface area contributed by atoms with Gasteiger partial charge < -0.3 is 4.90 Å². The highest BCUT2D eigenvalue weighted by Crippen LogP contribution is 2.33. The van der Waals surface area contributed by atoms with Crippen LogP contribution in [0.15, 0.2) is 29.9 Å². The van der Waals surface area contributed by atoms with E-state index in [9.17, 15) is 4.79 Å². The summed E-state index contributed by atoms with van der Waals surface area (Å²) in [5.74, 6) is -0.00729. The van der Waals surface area contributed by atoms with E-state index in [4.69, 9.17) is 0 Å². The molecule has 2 aromatic rings. The molecule has 0 aliphatic carbocycles. The Kier molecular flexibility index (Phi) is 3.30. The van der Waals surface area contributed by atoms with Crippen molar-refractivity contribution < 1.29 is 4.79 Å². The fraction of sp³-hybridized carbons (Fsp3) is 0.333. The van der Waals surface area contributed by atoms with E-state index in [2.05, 4.69) is 23.8 Å². The average Bonchev–Trinajstić information content (AvgIpc) is 3.05. The molecule has 1 radical (unpaired) electrons. The van der Waals surface area contributed by atoms with Crippen LogP contribution in [0.2, 0.25) is 0 Å². The minimum absolute atomic E-state index is 0.00729. The molecule has 4 nitrogen and oxygen atoms in total. The molecule has 20 heavy (non-hydrogen) atoms. The second-order valence-corrected chi connectivity index (χ2v) is 6.62. The maximum atomic E-state index is 12.4. The number of likely N-dealkylation sites (tertiary alicyclic amines) is 1. The lowest BCUT2D eigenvalue weighted by atomic mass is 9.93. The Labute approximate surface area is 122 Å². The third-order valence-electron chi connectivity index (χ3n) is 3.37. The molecule has 5 heteroatoms. The van der Waals surface area contributed by atoms with Crippen molar-refractivity contribution in [3.63, 3.8) is 0 Å². The Morgan fingerprint density at radius 2 is 2.10 bits per heavy atom. The zero-order chi connectivity index (χ0) is 14.2. The highest BCUT2D eigenvalue weighted by atomic mass is 32.1. The molecule has 0 unspecified atom stereocenters. The molecule has 1 fully saturated rings. The Morgan fingerprint density at radius 3 is 2.75 bits per heavy atom. The van der Waals surface area contributed by atoms with Crippen molar-refractivity contribution in [2.75, 3.05) is 6.54 Å². The number of hydrogen-bond acceptors (Lipinski definition) is 4. The number of aromatic nitrogens is 2. The zero-order valence-electron chi connectivity index (χ0n) is 11.5. The van der Waals surface area contributed by atoms with E-state index < -0.39 is 0 Å². The molecule has 0 N–H and O–H groups in total. The highest BCUT2D eigenvalue weighted by Gasteiger charge is 2.33. The van der Waals surface area contributed by atoms with Gasteiger partial charge in [-0.1, -0.05) is 13.8 Å². The summed E-state index contributed by atoms with van der Waals surface area (Å²) in [4.78, 5) is 22.6. The van der Waals surface area contributed by atoms with Gasteiger partial charge in [0.25, 0.3) is 5.91 Å². The van der Waals surface area contributed by atoms with Crippen LogP contribution in [0.1, 0.15) is 30.8 Å². The number of nitrogens with zero attached hydrogens (tertiary/aromatic N) is 3. The van der Waals surface area contributed by atoms with Crippen molar-refractivity contribution >= 4 is 17.2 Å². The third kappa shape index (κ3) is 2.58.